The van der Waals surface area contributed by atoms with Gasteiger partial charge in [0, 0.05) is 71.0 Å². The third-order valence-corrected chi connectivity index (χ3v) is 7.15. The van der Waals surface area contributed by atoms with Crippen molar-refractivity contribution in [1.82, 2.24) is 19.6 Å². The summed E-state index contributed by atoms with van der Waals surface area (Å²) < 4.78 is 11.6. The molecule has 1 amide bonds. The summed E-state index contributed by atoms with van der Waals surface area (Å²) in [6.45, 7) is 11.1. The molecule has 0 spiro atoms. The van der Waals surface area contributed by atoms with E-state index in [4.69, 9.17) is 9.47 Å². The Morgan fingerprint density at radius 1 is 0.735 bits per heavy atom. The fourth-order valence-corrected chi connectivity index (χ4v) is 5.05. The first-order valence-electron chi connectivity index (χ1n) is 12.6. The second-order valence-electron chi connectivity index (χ2n) is 9.45. The highest BCUT2D eigenvalue weighted by atomic mass is 16.6. The van der Waals surface area contributed by atoms with E-state index in [1.807, 2.05) is 17.0 Å². The van der Waals surface area contributed by atoms with Crippen LogP contribution in [0.5, 0.6) is 11.5 Å². The smallest absolute Gasteiger partial charge is 0.236 e. The molecule has 3 heterocycles. The van der Waals surface area contributed by atoms with Gasteiger partial charge in [-0.25, -0.2) is 0 Å². The van der Waals surface area contributed by atoms with Crippen molar-refractivity contribution in [2.75, 3.05) is 78.7 Å². The van der Waals surface area contributed by atoms with E-state index < -0.39 is 0 Å². The number of rotatable bonds is 7. The van der Waals surface area contributed by atoms with Crippen LogP contribution in [0.15, 0.2) is 48.5 Å². The molecule has 2 aromatic carbocycles. The van der Waals surface area contributed by atoms with Gasteiger partial charge in [0.2, 0.25) is 5.91 Å². The van der Waals surface area contributed by atoms with Crippen LogP contribution in [0, 0.1) is 0 Å². The van der Waals surface area contributed by atoms with Crippen LogP contribution in [0.3, 0.4) is 0 Å². The number of ether oxygens (including phenoxy) is 2. The SMILES string of the molecule is O=C(CN1CCN(CCc2ccccc2)CC1)N1CCN(Cc2cccc3c2OCCO3)CC1. The topological polar surface area (TPSA) is 48.5 Å². The molecule has 0 aliphatic carbocycles. The van der Waals surface area contributed by atoms with E-state index in [9.17, 15) is 4.79 Å². The van der Waals surface area contributed by atoms with Crippen molar-refractivity contribution in [2.24, 2.45) is 0 Å². The van der Waals surface area contributed by atoms with Crippen LogP contribution in [0.1, 0.15) is 11.1 Å². The number of benzene rings is 2. The molecule has 2 aromatic rings. The molecular weight excluding hydrogens is 428 g/mol. The normalized spacial score (nSPS) is 19.8. The van der Waals surface area contributed by atoms with E-state index in [0.717, 1.165) is 83.4 Å². The monoisotopic (exact) mass is 464 g/mol. The maximum Gasteiger partial charge on any atom is 0.236 e. The van der Waals surface area contributed by atoms with Crippen LogP contribution >= 0.6 is 0 Å². The molecule has 182 valence electrons. The molecule has 0 saturated carbocycles. The standard InChI is InChI=1S/C27H36N4O3/c32-26(22-30-13-11-28(12-14-30)10-9-23-5-2-1-3-6-23)31-17-15-29(16-18-31)21-24-7-4-8-25-27(24)34-20-19-33-25/h1-8H,9-22H2. The Kier molecular flexibility index (Phi) is 7.63. The van der Waals surface area contributed by atoms with Gasteiger partial charge in [-0.15, -0.1) is 0 Å². The lowest BCUT2D eigenvalue weighted by molar-refractivity contribution is -0.134. The van der Waals surface area contributed by atoms with Gasteiger partial charge in [-0.2, -0.15) is 0 Å². The number of amides is 1. The minimum absolute atomic E-state index is 0.270. The molecule has 5 rings (SSSR count). The fourth-order valence-electron chi connectivity index (χ4n) is 5.05. The maximum atomic E-state index is 12.9. The van der Waals surface area contributed by atoms with Crippen LogP contribution in [0.2, 0.25) is 0 Å². The Balaban J connectivity index is 1.02. The second kappa shape index (κ2) is 11.2. The van der Waals surface area contributed by atoms with Gasteiger partial charge < -0.3 is 19.3 Å². The van der Waals surface area contributed by atoms with E-state index in [-0.39, 0.29) is 5.91 Å². The largest absolute Gasteiger partial charge is 0.486 e. The summed E-state index contributed by atoms with van der Waals surface area (Å²) in [7, 11) is 0. The highest BCUT2D eigenvalue weighted by Gasteiger charge is 2.26. The summed E-state index contributed by atoms with van der Waals surface area (Å²) in [6, 6.07) is 16.8. The predicted molar refractivity (Wildman–Crippen MR) is 132 cm³/mol. The van der Waals surface area contributed by atoms with Crippen molar-refractivity contribution in [3.05, 3.63) is 59.7 Å². The number of nitrogens with zero attached hydrogens (tertiary/aromatic N) is 4. The zero-order chi connectivity index (χ0) is 23.2. The van der Waals surface area contributed by atoms with Crippen LogP contribution < -0.4 is 9.47 Å². The Morgan fingerprint density at radius 3 is 2.24 bits per heavy atom. The van der Waals surface area contributed by atoms with Crippen molar-refractivity contribution >= 4 is 5.91 Å². The van der Waals surface area contributed by atoms with Crippen molar-refractivity contribution in [3.63, 3.8) is 0 Å². The third-order valence-electron chi connectivity index (χ3n) is 7.15. The van der Waals surface area contributed by atoms with Crippen LogP contribution in [0.4, 0.5) is 0 Å². The van der Waals surface area contributed by atoms with E-state index in [1.165, 1.54) is 11.1 Å². The Labute approximate surface area is 202 Å². The molecular formula is C27H36N4O3. The Morgan fingerprint density at radius 2 is 1.44 bits per heavy atom. The van der Waals surface area contributed by atoms with Crippen molar-refractivity contribution < 1.29 is 14.3 Å². The van der Waals surface area contributed by atoms with Crippen LogP contribution in [-0.2, 0) is 17.8 Å². The van der Waals surface area contributed by atoms with Crippen molar-refractivity contribution in [3.8, 4) is 11.5 Å². The predicted octanol–water partition coefficient (Wildman–Crippen LogP) is 1.96. The molecule has 0 aromatic heterocycles. The zero-order valence-corrected chi connectivity index (χ0v) is 20.0. The molecule has 3 aliphatic rings. The summed E-state index contributed by atoms with van der Waals surface area (Å²) in [6.07, 6.45) is 1.09. The molecule has 0 bridgehead atoms. The van der Waals surface area contributed by atoms with Gasteiger partial charge in [-0.1, -0.05) is 42.5 Å². The molecule has 0 N–H and O–H groups in total. The number of piperazine rings is 2. The summed E-state index contributed by atoms with van der Waals surface area (Å²) in [5.41, 5.74) is 2.56. The number of carbonyl (C=O) groups excluding carboxylic acids is 1. The molecule has 34 heavy (non-hydrogen) atoms. The van der Waals surface area contributed by atoms with Crippen molar-refractivity contribution in [1.29, 1.82) is 0 Å². The first-order valence-corrected chi connectivity index (χ1v) is 12.6. The minimum Gasteiger partial charge on any atom is -0.486 e. The quantitative estimate of drug-likeness (QED) is 0.625. The summed E-state index contributed by atoms with van der Waals surface area (Å²) >= 11 is 0. The van der Waals surface area contributed by atoms with Gasteiger partial charge >= 0.3 is 0 Å². The highest BCUT2D eigenvalue weighted by Crippen LogP contribution is 2.34. The van der Waals surface area contributed by atoms with Crippen molar-refractivity contribution in [2.45, 2.75) is 13.0 Å². The van der Waals surface area contributed by atoms with Crippen LogP contribution in [-0.4, -0.2) is 104 Å². The molecule has 3 aliphatic heterocycles. The summed E-state index contributed by atoms with van der Waals surface area (Å²) in [5.74, 6) is 2.00. The van der Waals surface area contributed by atoms with Gasteiger partial charge in [0.25, 0.3) is 0 Å². The van der Waals surface area contributed by atoms with E-state index in [0.29, 0.717) is 19.8 Å². The fraction of sp³-hybridized carbons (Fsp3) is 0.519. The van der Waals surface area contributed by atoms with Gasteiger partial charge in [0.05, 0.1) is 6.54 Å². The Bertz CT molecular complexity index is 938. The van der Waals surface area contributed by atoms with Gasteiger partial charge in [0.1, 0.15) is 13.2 Å². The number of hydrogen-bond acceptors (Lipinski definition) is 6. The average Bonchev–Trinajstić information content (AvgIpc) is 2.89. The number of fused-ring (bicyclic) bond motifs is 1. The second-order valence-corrected chi connectivity index (χ2v) is 9.45. The molecule has 0 radical (unpaired) electrons. The Hall–Kier alpha value is -2.61. The first-order chi connectivity index (χ1) is 16.7. The van der Waals surface area contributed by atoms with E-state index in [2.05, 4.69) is 51.1 Å². The van der Waals surface area contributed by atoms with Crippen LogP contribution in [0.25, 0.3) is 0 Å². The molecule has 2 fully saturated rings. The minimum atomic E-state index is 0.270. The lowest BCUT2D eigenvalue weighted by atomic mass is 10.1. The zero-order valence-electron chi connectivity index (χ0n) is 20.0. The lowest BCUT2D eigenvalue weighted by Gasteiger charge is -2.38. The molecule has 0 atom stereocenters. The van der Waals surface area contributed by atoms with Gasteiger partial charge in [0.15, 0.2) is 11.5 Å². The molecule has 0 unspecified atom stereocenters. The lowest BCUT2D eigenvalue weighted by Crippen LogP contribution is -2.53. The number of hydrogen-bond donors (Lipinski definition) is 0. The van der Waals surface area contributed by atoms with Gasteiger partial charge in [-0.3, -0.25) is 14.6 Å². The maximum absolute atomic E-state index is 12.9. The molecule has 7 nitrogen and oxygen atoms in total. The van der Waals surface area contributed by atoms with E-state index >= 15 is 0 Å². The number of para-hydroxylation sites is 1. The molecule has 7 heteroatoms. The highest BCUT2D eigenvalue weighted by molar-refractivity contribution is 5.78. The summed E-state index contributed by atoms with van der Waals surface area (Å²) in [5, 5.41) is 0. The summed E-state index contributed by atoms with van der Waals surface area (Å²) in [4.78, 5) is 22.2. The third kappa shape index (κ3) is 5.90. The first kappa shape index (κ1) is 23.1. The molecule has 2 saturated heterocycles. The van der Waals surface area contributed by atoms with Gasteiger partial charge in [-0.05, 0) is 18.1 Å². The average molecular weight is 465 g/mol. The number of carbonyl (C=O) groups is 1. The van der Waals surface area contributed by atoms with E-state index in [1.54, 1.807) is 0 Å².